The zero-order chi connectivity index (χ0) is 11.8. The molecule has 1 fully saturated rings. The van der Waals surface area contributed by atoms with Gasteiger partial charge in [-0.1, -0.05) is 6.08 Å². The van der Waals surface area contributed by atoms with Crippen molar-refractivity contribution < 1.29 is 4.74 Å². The molecule has 0 bridgehead atoms. The van der Waals surface area contributed by atoms with E-state index in [-0.39, 0.29) is 0 Å². The molecule has 0 unspecified atom stereocenters. The summed E-state index contributed by atoms with van der Waals surface area (Å²) in [4.78, 5) is 10.9. The van der Waals surface area contributed by atoms with Crippen LogP contribution in [0.4, 0.5) is 0 Å². The van der Waals surface area contributed by atoms with Crippen molar-refractivity contribution in [3.63, 3.8) is 0 Å². The van der Waals surface area contributed by atoms with Crippen LogP contribution in [0.1, 0.15) is 25.7 Å². The molecule has 0 spiro atoms. The molecule has 0 amide bonds. The Bertz CT molecular complexity index is 313. The van der Waals surface area contributed by atoms with Crippen molar-refractivity contribution in [1.82, 2.24) is 4.90 Å². The summed E-state index contributed by atoms with van der Waals surface area (Å²) in [7, 11) is 0. The Labute approximate surface area is 103 Å². The van der Waals surface area contributed by atoms with Crippen LogP contribution in [-0.2, 0) is 4.74 Å². The van der Waals surface area contributed by atoms with Gasteiger partial charge in [-0.05, 0) is 25.7 Å². The van der Waals surface area contributed by atoms with Gasteiger partial charge in [0.05, 0.1) is 25.8 Å². The van der Waals surface area contributed by atoms with E-state index in [1.807, 2.05) is 0 Å². The molecule has 17 heavy (non-hydrogen) atoms. The first-order valence-corrected chi connectivity index (χ1v) is 6.56. The molecule has 0 saturated carbocycles. The minimum absolute atomic E-state index is 0.788. The van der Waals surface area contributed by atoms with Gasteiger partial charge in [0.25, 0.3) is 0 Å². The second kappa shape index (κ2) is 7.38. The van der Waals surface area contributed by atoms with E-state index in [1.54, 1.807) is 0 Å². The Kier molecular flexibility index (Phi) is 5.43. The molecule has 4 heteroatoms. The van der Waals surface area contributed by atoms with Crippen LogP contribution in [0.5, 0.6) is 0 Å². The van der Waals surface area contributed by atoms with Crippen LogP contribution in [0, 0.1) is 0 Å². The molecule has 94 valence electrons. The predicted molar refractivity (Wildman–Crippen MR) is 68.5 cm³/mol. The lowest BCUT2D eigenvalue weighted by atomic mass is 10.1. The van der Waals surface area contributed by atoms with Crippen LogP contribution in [-0.4, -0.2) is 50.3 Å². The number of rotatable bonds is 4. The van der Waals surface area contributed by atoms with E-state index in [1.165, 1.54) is 12.8 Å². The molecule has 1 aliphatic carbocycles. The maximum Gasteiger partial charge on any atom is 0.0945 e. The fourth-order valence-corrected chi connectivity index (χ4v) is 2.09. The first-order chi connectivity index (χ1) is 8.45. The van der Waals surface area contributed by atoms with E-state index in [9.17, 15) is 0 Å². The van der Waals surface area contributed by atoms with Gasteiger partial charge >= 0.3 is 0 Å². The van der Waals surface area contributed by atoms with E-state index in [0.29, 0.717) is 0 Å². The molecule has 1 heterocycles. The summed E-state index contributed by atoms with van der Waals surface area (Å²) in [5.41, 5.74) is 1.16. The molecular formula is C13H21N3O. The number of ether oxygens (including phenoxy) is 1. The summed E-state index contributed by atoms with van der Waals surface area (Å²) >= 11 is 0. The zero-order valence-corrected chi connectivity index (χ0v) is 10.4. The number of nitrogens with zero attached hydrogens (tertiary/aromatic N) is 3. The summed E-state index contributed by atoms with van der Waals surface area (Å²) in [5, 5.41) is 0. The highest BCUT2D eigenvalue weighted by Gasteiger charge is 2.08. The molecule has 0 radical (unpaired) electrons. The van der Waals surface area contributed by atoms with E-state index in [2.05, 4.69) is 27.0 Å². The van der Waals surface area contributed by atoms with Gasteiger partial charge < -0.3 is 4.74 Å². The molecule has 0 aromatic carbocycles. The van der Waals surface area contributed by atoms with Crippen LogP contribution < -0.4 is 0 Å². The van der Waals surface area contributed by atoms with E-state index < -0.39 is 0 Å². The third kappa shape index (κ3) is 4.82. The second-order valence-corrected chi connectivity index (χ2v) is 4.49. The van der Waals surface area contributed by atoms with Gasteiger partial charge in [-0.3, -0.25) is 4.90 Å². The minimum atomic E-state index is 0.788. The molecule has 0 atom stereocenters. The average Bonchev–Trinajstić information content (AvgIpc) is 2.41. The fourth-order valence-electron chi connectivity index (χ4n) is 2.09. The minimum Gasteiger partial charge on any atom is -0.379 e. The van der Waals surface area contributed by atoms with E-state index in [0.717, 1.165) is 57.9 Å². The van der Waals surface area contributed by atoms with Crippen molar-refractivity contribution in [2.75, 3.05) is 39.4 Å². The van der Waals surface area contributed by atoms with Crippen molar-refractivity contribution in [2.45, 2.75) is 25.7 Å². The van der Waals surface area contributed by atoms with Crippen molar-refractivity contribution in [3.05, 3.63) is 11.8 Å². The summed E-state index contributed by atoms with van der Waals surface area (Å²) in [6.07, 6.45) is 7.01. The Morgan fingerprint density at radius 3 is 2.94 bits per heavy atom. The smallest absolute Gasteiger partial charge is 0.0945 e. The van der Waals surface area contributed by atoms with Gasteiger partial charge in [0.1, 0.15) is 0 Å². The van der Waals surface area contributed by atoms with Crippen LogP contribution >= 0.6 is 0 Å². The van der Waals surface area contributed by atoms with Crippen molar-refractivity contribution in [3.8, 4) is 0 Å². The van der Waals surface area contributed by atoms with Gasteiger partial charge in [-0.25, -0.2) is 4.99 Å². The van der Waals surface area contributed by atoms with Crippen LogP contribution in [0.3, 0.4) is 0 Å². The second-order valence-electron chi connectivity index (χ2n) is 4.49. The Morgan fingerprint density at radius 2 is 2.18 bits per heavy atom. The average molecular weight is 235 g/mol. The number of hydrogen-bond donors (Lipinski definition) is 0. The van der Waals surface area contributed by atoms with Crippen LogP contribution in [0.25, 0.3) is 0 Å². The van der Waals surface area contributed by atoms with Gasteiger partial charge in [0.15, 0.2) is 0 Å². The Balaban J connectivity index is 1.66. The van der Waals surface area contributed by atoms with Crippen LogP contribution in [0.2, 0.25) is 0 Å². The summed E-state index contributed by atoms with van der Waals surface area (Å²) in [6, 6.07) is 2.82. The molecular weight excluding hydrogens is 214 g/mol. The normalized spacial score (nSPS) is 21.5. The van der Waals surface area contributed by atoms with Crippen LogP contribution in [0.15, 0.2) is 21.8 Å². The summed E-state index contributed by atoms with van der Waals surface area (Å²) in [5.74, 6) is 0. The largest absolute Gasteiger partial charge is 0.379 e. The molecule has 0 N–H and O–H groups in total. The monoisotopic (exact) mass is 235 g/mol. The highest BCUT2D eigenvalue weighted by Crippen LogP contribution is 2.17. The number of hydrogen-bond acceptors (Lipinski definition) is 4. The summed E-state index contributed by atoms with van der Waals surface area (Å²) in [6.45, 7) is 5.53. The lowest BCUT2D eigenvalue weighted by molar-refractivity contribution is 0.0395. The maximum absolute atomic E-state index is 5.29. The molecule has 2 aliphatic rings. The number of aliphatic imine (C=N–C) groups is 2. The maximum atomic E-state index is 5.29. The first-order valence-electron chi connectivity index (χ1n) is 6.56. The molecule has 1 saturated heterocycles. The lowest BCUT2D eigenvalue weighted by Crippen LogP contribution is -2.37. The van der Waals surface area contributed by atoms with E-state index in [4.69, 9.17) is 4.74 Å². The number of morpholine rings is 1. The Hall–Kier alpha value is -0.960. The Morgan fingerprint density at radius 1 is 1.29 bits per heavy atom. The lowest BCUT2D eigenvalue weighted by Gasteiger charge is -2.25. The highest BCUT2D eigenvalue weighted by molar-refractivity contribution is 5.44. The number of allylic oxidation sites excluding steroid dienone is 2. The molecule has 2 rings (SSSR count). The van der Waals surface area contributed by atoms with Crippen molar-refractivity contribution >= 4 is 6.01 Å². The first kappa shape index (κ1) is 12.5. The highest BCUT2D eigenvalue weighted by atomic mass is 16.5. The van der Waals surface area contributed by atoms with E-state index >= 15 is 0 Å². The molecule has 4 nitrogen and oxygen atoms in total. The van der Waals surface area contributed by atoms with Gasteiger partial charge in [0, 0.05) is 25.3 Å². The van der Waals surface area contributed by atoms with Gasteiger partial charge in [0.2, 0.25) is 0 Å². The topological polar surface area (TPSA) is 37.2 Å². The van der Waals surface area contributed by atoms with Gasteiger partial charge in [-0.2, -0.15) is 4.99 Å². The third-order valence-electron chi connectivity index (χ3n) is 3.16. The standard InChI is InChI=1S/C13H21N3O/c1-2-4-13(5-3-1)15-12-14-6-7-16-8-10-17-11-9-16/h4H,1-3,5-11H2. The SMILES string of the molecule is C(=NCCN1CCOCC1)=NC1=CCCCC1. The zero-order valence-electron chi connectivity index (χ0n) is 10.4. The molecule has 1 aliphatic heterocycles. The van der Waals surface area contributed by atoms with Gasteiger partial charge in [-0.15, -0.1) is 0 Å². The molecule has 0 aromatic heterocycles. The fraction of sp³-hybridized carbons (Fsp3) is 0.769. The molecule has 0 aromatic rings. The third-order valence-corrected chi connectivity index (χ3v) is 3.16. The predicted octanol–water partition coefficient (Wildman–Crippen LogP) is 1.95. The van der Waals surface area contributed by atoms with Crippen molar-refractivity contribution in [1.29, 1.82) is 0 Å². The quantitative estimate of drug-likeness (QED) is 0.698. The summed E-state index contributed by atoms with van der Waals surface area (Å²) < 4.78 is 5.29. The van der Waals surface area contributed by atoms with Crippen molar-refractivity contribution in [2.24, 2.45) is 9.98 Å².